The van der Waals surface area contributed by atoms with Gasteiger partial charge in [0.15, 0.2) is 6.10 Å². The lowest BCUT2D eigenvalue weighted by molar-refractivity contribution is -0.870. The zero-order valence-electron chi connectivity index (χ0n) is 62.8. The van der Waals surface area contributed by atoms with E-state index in [0.717, 1.165) is 109 Å². The van der Waals surface area contributed by atoms with E-state index >= 15 is 0 Å². The van der Waals surface area contributed by atoms with Crippen molar-refractivity contribution in [2.45, 2.75) is 341 Å². The minimum atomic E-state index is -4.40. The van der Waals surface area contributed by atoms with E-state index in [-0.39, 0.29) is 32.0 Å². The lowest BCUT2D eigenvalue weighted by atomic mass is 10.0. The van der Waals surface area contributed by atoms with E-state index in [2.05, 4.69) is 160 Å². The van der Waals surface area contributed by atoms with Crippen LogP contribution >= 0.6 is 7.82 Å². The van der Waals surface area contributed by atoms with Crippen molar-refractivity contribution in [1.82, 2.24) is 0 Å². The second-order valence-corrected chi connectivity index (χ2v) is 28.8. The molecule has 0 aromatic heterocycles. The monoisotopic (exact) mass is 1360 g/mol. The third kappa shape index (κ3) is 78.9. The molecule has 9 nitrogen and oxygen atoms in total. The lowest BCUT2D eigenvalue weighted by Gasteiger charge is -2.24. The summed E-state index contributed by atoms with van der Waals surface area (Å²) in [7, 11) is 1.47. The number of phosphoric acid groups is 1. The van der Waals surface area contributed by atoms with Crippen LogP contribution in [0.15, 0.2) is 146 Å². The average Bonchev–Trinajstić information content (AvgIpc) is 2.54. The van der Waals surface area contributed by atoms with Crippen molar-refractivity contribution in [3.8, 4) is 0 Å². The molecule has 0 saturated carbocycles. The van der Waals surface area contributed by atoms with Crippen LogP contribution in [0.3, 0.4) is 0 Å². The van der Waals surface area contributed by atoms with Gasteiger partial charge in [-0.1, -0.05) is 346 Å². The van der Waals surface area contributed by atoms with Crippen molar-refractivity contribution >= 4 is 19.8 Å². The Balaban J connectivity index is 4.02. The summed E-state index contributed by atoms with van der Waals surface area (Å²) in [6.07, 6.45) is 111. The van der Waals surface area contributed by atoms with E-state index in [1.165, 1.54) is 193 Å². The van der Waals surface area contributed by atoms with Crippen LogP contribution in [0.5, 0.6) is 0 Å². The molecule has 96 heavy (non-hydrogen) atoms. The topological polar surface area (TPSA) is 108 Å². The predicted molar refractivity (Wildman–Crippen MR) is 417 cm³/mol. The van der Waals surface area contributed by atoms with Gasteiger partial charge in [-0.3, -0.25) is 18.6 Å². The van der Waals surface area contributed by atoms with E-state index in [9.17, 15) is 19.0 Å². The summed E-state index contributed by atoms with van der Waals surface area (Å²) in [4.78, 5) is 36.0. The van der Waals surface area contributed by atoms with Crippen molar-refractivity contribution < 1.29 is 42.1 Å². The first-order valence-corrected chi connectivity index (χ1v) is 41.1. The molecule has 0 heterocycles. The number of quaternary nitrogens is 1. The van der Waals surface area contributed by atoms with Gasteiger partial charge in [0.25, 0.3) is 0 Å². The van der Waals surface area contributed by atoms with Gasteiger partial charge in [0.1, 0.15) is 19.8 Å². The van der Waals surface area contributed by atoms with Crippen LogP contribution in [0.2, 0.25) is 0 Å². The summed E-state index contributed by atoms with van der Waals surface area (Å²) in [6, 6.07) is 0. The number of carbonyl (C=O) groups is 2. The van der Waals surface area contributed by atoms with Crippen molar-refractivity contribution in [2.75, 3.05) is 47.5 Å². The van der Waals surface area contributed by atoms with Gasteiger partial charge in [0.05, 0.1) is 27.7 Å². The highest BCUT2D eigenvalue weighted by Gasteiger charge is 2.27. The summed E-state index contributed by atoms with van der Waals surface area (Å²) in [5.41, 5.74) is 0. The molecule has 0 bridgehead atoms. The number of hydrogen-bond donors (Lipinski definition) is 1. The Morgan fingerprint density at radius 2 is 0.594 bits per heavy atom. The Bertz CT molecular complexity index is 2140. The summed E-state index contributed by atoms with van der Waals surface area (Å²) in [6.45, 7) is 4.33. The number of ether oxygens (including phenoxy) is 2. The van der Waals surface area contributed by atoms with Crippen LogP contribution in [-0.4, -0.2) is 74.9 Å². The number of rotatable bonds is 72. The third-order valence-electron chi connectivity index (χ3n) is 16.9. The lowest BCUT2D eigenvalue weighted by Crippen LogP contribution is -2.37. The second kappa shape index (κ2) is 75.1. The quantitative estimate of drug-likeness (QED) is 0.0211. The van der Waals surface area contributed by atoms with Crippen LogP contribution in [0.25, 0.3) is 0 Å². The first kappa shape index (κ1) is 91.9. The number of nitrogens with zero attached hydrogens (tertiary/aromatic N) is 1. The molecule has 550 valence electrons. The smallest absolute Gasteiger partial charge is 0.462 e. The van der Waals surface area contributed by atoms with Gasteiger partial charge in [-0.15, -0.1) is 0 Å². The van der Waals surface area contributed by atoms with Gasteiger partial charge in [0, 0.05) is 12.8 Å². The van der Waals surface area contributed by atoms with Crippen molar-refractivity contribution in [3.05, 3.63) is 146 Å². The van der Waals surface area contributed by atoms with Crippen LogP contribution in [0, 0.1) is 0 Å². The van der Waals surface area contributed by atoms with Gasteiger partial charge in [-0.25, -0.2) is 4.57 Å². The maximum Gasteiger partial charge on any atom is 0.472 e. The highest BCUT2D eigenvalue weighted by molar-refractivity contribution is 7.47. The zero-order valence-corrected chi connectivity index (χ0v) is 63.7. The number of phosphoric ester groups is 1. The summed E-state index contributed by atoms with van der Waals surface area (Å²) >= 11 is 0. The molecule has 0 rings (SSSR count). The minimum Gasteiger partial charge on any atom is -0.462 e. The fourth-order valence-electron chi connectivity index (χ4n) is 10.8. The maximum absolute atomic E-state index is 12.9. The molecule has 0 spiro atoms. The summed E-state index contributed by atoms with van der Waals surface area (Å²) in [5.74, 6) is -0.794. The predicted octanol–water partition coefficient (Wildman–Crippen LogP) is 26.5. The van der Waals surface area contributed by atoms with E-state index in [0.29, 0.717) is 17.4 Å². The molecule has 0 radical (unpaired) electrons. The Kier molecular flexibility index (Phi) is 71.9. The summed E-state index contributed by atoms with van der Waals surface area (Å²) in [5, 5.41) is 0. The van der Waals surface area contributed by atoms with Crippen LogP contribution < -0.4 is 0 Å². The summed E-state index contributed by atoms with van der Waals surface area (Å²) < 4.78 is 34.8. The molecule has 0 fully saturated rings. The highest BCUT2D eigenvalue weighted by Crippen LogP contribution is 2.43. The Morgan fingerprint density at radius 3 is 0.885 bits per heavy atom. The number of allylic oxidation sites excluding steroid dienone is 24. The molecular weight excluding hydrogens is 1210 g/mol. The molecule has 0 aromatic carbocycles. The highest BCUT2D eigenvalue weighted by atomic mass is 31.2. The molecule has 0 amide bonds. The molecule has 0 aliphatic rings. The molecule has 2 unspecified atom stereocenters. The second-order valence-electron chi connectivity index (χ2n) is 27.4. The van der Waals surface area contributed by atoms with Gasteiger partial charge < -0.3 is 18.9 Å². The minimum absolute atomic E-state index is 0.0270. The van der Waals surface area contributed by atoms with Crippen molar-refractivity contribution in [3.63, 3.8) is 0 Å². The average molecular weight is 1360 g/mol. The van der Waals surface area contributed by atoms with Gasteiger partial charge >= 0.3 is 19.8 Å². The van der Waals surface area contributed by atoms with E-state index < -0.39 is 26.5 Å². The number of esters is 2. The molecule has 0 aliphatic heterocycles. The first-order chi connectivity index (χ1) is 47.0. The number of likely N-dealkylation sites (N-methyl/N-ethyl adjacent to an activating group) is 1. The third-order valence-corrected chi connectivity index (χ3v) is 17.8. The molecule has 1 N–H and O–H groups in total. The molecule has 0 aliphatic carbocycles. The van der Waals surface area contributed by atoms with Crippen molar-refractivity contribution in [1.29, 1.82) is 0 Å². The largest absolute Gasteiger partial charge is 0.472 e. The maximum atomic E-state index is 12.9. The fraction of sp³-hybridized carbons (Fsp3) is 0.698. The van der Waals surface area contributed by atoms with Crippen molar-refractivity contribution in [2.24, 2.45) is 0 Å². The van der Waals surface area contributed by atoms with Gasteiger partial charge in [-0.2, -0.15) is 0 Å². The number of unbranched alkanes of at least 4 members (excludes halogenated alkanes) is 34. The zero-order chi connectivity index (χ0) is 69.7. The number of carbonyl (C=O) groups excluding carboxylic acids is 2. The van der Waals surface area contributed by atoms with Crippen LogP contribution in [-0.2, 0) is 32.7 Å². The van der Waals surface area contributed by atoms with Gasteiger partial charge in [0.2, 0.25) is 0 Å². The standard InChI is InChI=1S/C86H148NO8P/c1-6-8-10-12-14-16-18-20-22-24-26-28-30-32-34-36-38-39-40-41-42-43-44-45-46-47-49-51-53-55-57-59-61-63-65-67-69-71-73-75-77-79-86(89)95-84(83-94-96(90,91)93-81-80-87(3,4)5)82-92-85(88)78-76-74-72-70-68-66-64-62-60-58-56-54-52-50-48-37-35-33-31-29-27-25-23-21-19-17-15-13-11-9-7-2/h8,10,14,16,19-22,25-28,31-34,38-39,41-42,44-45,47,49,84H,6-7,9,11-13,15,17-18,23-24,29-30,35-37,40,43,46,48,50-83H2,1-5H3/p+1/b10-8-,16-14-,21-19-,22-20-,27-25-,28-26-,33-31-,34-32-,39-38-,42-41-,45-44-,49-47-. The first-order valence-electron chi connectivity index (χ1n) is 39.6. The number of hydrogen-bond acceptors (Lipinski definition) is 7. The van der Waals surface area contributed by atoms with Crippen LogP contribution in [0.4, 0.5) is 0 Å². The SMILES string of the molecule is CC/C=C\C/C=C\C/C=C\C/C=C\C/C=C\C/C=C\C/C=C\C/C=C\C/C=C\CCCCCCCCCCCCCCCC(=O)OC(COC(=O)CCCCCCCCCCCCCCCCCC/C=C\C/C=C\C/C=C\CCCCCCC)COP(=O)(O)OCC[N+](C)(C)C. The molecular formula is C86H149NO8P+. The molecule has 0 saturated heterocycles. The molecule has 2 atom stereocenters. The van der Waals surface area contributed by atoms with E-state index in [1.54, 1.807) is 0 Å². The van der Waals surface area contributed by atoms with E-state index in [4.69, 9.17) is 18.5 Å². The van der Waals surface area contributed by atoms with Crippen LogP contribution in [0.1, 0.15) is 335 Å². The van der Waals surface area contributed by atoms with E-state index in [1.807, 2.05) is 21.1 Å². The van der Waals surface area contributed by atoms with Gasteiger partial charge in [-0.05, 0) is 122 Å². The fourth-order valence-corrected chi connectivity index (χ4v) is 11.6. The Labute approximate surface area is 593 Å². The molecule has 10 heteroatoms. The normalized spacial score (nSPS) is 13.9. The molecule has 0 aromatic rings. The Morgan fingerprint density at radius 1 is 0.333 bits per heavy atom. The Hall–Kier alpha value is -4.11.